The molecule has 1 saturated heterocycles. The zero-order chi connectivity index (χ0) is 26.2. The summed E-state index contributed by atoms with van der Waals surface area (Å²) in [6, 6.07) is 10.8. The summed E-state index contributed by atoms with van der Waals surface area (Å²) in [6.07, 6.45) is -2.82. The van der Waals surface area contributed by atoms with Crippen molar-refractivity contribution < 1.29 is 13.2 Å². The number of nitriles is 1. The zero-order valence-electron chi connectivity index (χ0n) is 20.8. The van der Waals surface area contributed by atoms with Crippen LogP contribution in [0.5, 0.6) is 0 Å². The predicted molar refractivity (Wildman–Crippen MR) is 132 cm³/mol. The van der Waals surface area contributed by atoms with Crippen LogP contribution in [-0.2, 0) is 13.2 Å². The first-order valence-electron chi connectivity index (χ1n) is 12.1. The van der Waals surface area contributed by atoms with Gasteiger partial charge in [-0.3, -0.25) is 9.47 Å². The molecule has 7 nitrogen and oxygen atoms in total. The molecular weight excluding hydrogens is 469 g/mol. The molecule has 0 saturated carbocycles. The first kappa shape index (κ1) is 25.6. The van der Waals surface area contributed by atoms with Crippen molar-refractivity contribution in [1.82, 2.24) is 19.4 Å². The number of alkyl halides is 3. The number of nitrogens with zero attached hydrogens (tertiary/aromatic N) is 6. The Morgan fingerprint density at radius 2 is 1.81 bits per heavy atom. The predicted octanol–water partition coefficient (Wildman–Crippen LogP) is 4.66. The molecule has 3 heterocycles. The highest BCUT2D eigenvalue weighted by molar-refractivity contribution is 5.86. The smallest absolute Gasteiger partial charge is 0.349 e. The molecule has 4 rings (SSSR count). The minimum Gasteiger partial charge on any atom is -0.349 e. The number of aryl methyl sites for hydroxylation is 1. The van der Waals surface area contributed by atoms with Crippen LogP contribution in [0.25, 0.3) is 11.0 Å². The maximum atomic E-state index is 13.1. The average molecular weight is 499 g/mol. The van der Waals surface area contributed by atoms with Crippen LogP contribution in [0.4, 0.5) is 19.0 Å². The van der Waals surface area contributed by atoms with Gasteiger partial charge in [0, 0.05) is 38.3 Å². The van der Waals surface area contributed by atoms with Gasteiger partial charge in [-0.2, -0.15) is 23.4 Å². The fourth-order valence-corrected chi connectivity index (χ4v) is 5.13. The van der Waals surface area contributed by atoms with E-state index < -0.39 is 17.4 Å². The van der Waals surface area contributed by atoms with Gasteiger partial charge in [0.15, 0.2) is 5.82 Å². The van der Waals surface area contributed by atoms with E-state index in [2.05, 4.69) is 32.8 Å². The molecule has 0 N–H and O–H groups in total. The van der Waals surface area contributed by atoms with Gasteiger partial charge in [0.05, 0.1) is 11.1 Å². The normalized spacial score (nSPS) is 19.9. The lowest BCUT2D eigenvalue weighted by Crippen LogP contribution is -2.58. The summed E-state index contributed by atoms with van der Waals surface area (Å²) >= 11 is 0. The summed E-state index contributed by atoms with van der Waals surface area (Å²) in [7, 11) is 1.63. The topological polar surface area (TPSA) is 78.0 Å². The molecule has 0 amide bonds. The SMILES string of the molecule is CCC1CN(c2nc(=O)n(C)c3ccc(C#N)nc23)C(C)CN1C(CC)c1ccc(C(F)(F)F)cc1. The molecule has 0 bridgehead atoms. The minimum absolute atomic E-state index is 0.0431. The molecule has 1 aliphatic heterocycles. The number of benzene rings is 1. The molecule has 0 radical (unpaired) electrons. The van der Waals surface area contributed by atoms with Crippen LogP contribution in [0.1, 0.15) is 56.5 Å². The molecule has 0 aliphatic carbocycles. The van der Waals surface area contributed by atoms with E-state index in [0.717, 1.165) is 30.5 Å². The van der Waals surface area contributed by atoms with Crippen molar-refractivity contribution in [2.75, 3.05) is 18.0 Å². The summed E-state index contributed by atoms with van der Waals surface area (Å²) < 4.78 is 40.6. The molecule has 190 valence electrons. The molecule has 10 heteroatoms. The number of aromatic nitrogens is 3. The van der Waals surface area contributed by atoms with Crippen molar-refractivity contribution in [2.24, 2.45) is 7.05 Å². The monoisotopic (exact) mass is 498 g/mol. The van der Waals surface area contributed by atoms with Crippen LogP contribution in [-0.4, -0.2) is 44.6 Å². The van der Waals surface area contributed by atoms with Crippen LogP contribution in [0.2, 0.25) is 0 Å². The van der Waals surface area contributed by atoms with Gasteiger partial charge in [-0.1, -0.05) is 26.0 Å². The molecule has 3 unspecified atom stereocenters. The lowest BCUT2D eigenvalue weighted by molar-refractivity contribution is -0.137. The fourth-order valence-electron chi connectivity index (χ4n) is 5.13. The van der Waals surface area contributed by atoms with E-state index in [0.29, 0.717) is 29.9 Å². The van der Waals surface area contributed by atoms with E-state index >= 15 is 0 Å². The van der Waals surface area contributed by atoms with Gasteiger partial charge in [-0.05, 0) is 49.6 Å². The Morgan fingerprint density at radius 3 is 2.39 bits per heavy atom. The standard InChI is InChI=1S/C26H29F3N6O/c1-5-20-15-34(24-23-22(33(4)25(36)32-24)12-11-19(13-30)31-23)16(3)14-35(20)21(6-2)17-7-9-18(10-8-17)26(27,28)29/h7-12,16,20-21H,5-6,14-15H2,1-4H3. The quantitative estimate of drug-likeness (QED) is 0.509. The third-order valence-electron chi connectivity index (χ3n) is 7.09. The zero-order valence-corrected chi connectivity index (χ0v) is 20.8. The third-order valence-corrected chi connectivity index (χ3v) is 7.09. The van der Waals surface area contributed by atoms with Gasteiger partial charge in [-0.25, -0.2) is 9.78 Å². The van der Waals surface area contributed by atoms with E-state index in [4.69, 9.17) is 0 Å². The maximum absolute atomic E-state index is 13.1. The van der Waals surface area contributed by atoms with E-state index in [-0.39, 0.29) is 23.8 Å². The molecule has 2 aromatic heterocycles. The van der Waals surface area contributed by atoms with E-state index in [9.17, 15) is 23.2 Å². The Labute approximate surface area is 207 Å². The summed E-state index contributed by atoms with van der Waals surface area (Å²) in [4.78, 5) is 25.9. The number of halogens is 3. The van der Waals surface area contributed by atoms with Crippen LogP contribution < -0.4 is 10.6 Å². The van der Waals surface area contributed by atoms with Crippen molar-refractivity contribution >= 4 is 16.9 Å². The van der Waals surface area contributed by atoms with E-state index in [1.807, 2.05) is 13.8 Å². The second kappa shape index (κ2) is 9.90. The Morgan fingerprint density at radius 1 is 1.11 bits per heavy atom. The Hall–Kier alpha value is -3.45. The number of anilines is 1. The second-order valence-corrected chi connectivity index (χ2v) is 9.26. The molecule has 3 atom stereocenters. The highest BCUT2D eigenvalue weighted by Crippen LogP contribution is 2.36. The van der Waals surface area contributed by atoms with Gasteiger partial charge in [0.1, 0.15) is 17.3 Å². The number of hydrogen-bond donors (Lipinski definition) is 0. The van der Waals surface area contributed by atoms with E-state index in [1.165, 1.54) is 4.57 Å². The fraction of sp³-hybridized carbons (Fsp3) is 0.462. The van der Waals surface area contributed by atoms with Crippen molar-refractivity contribution in [2.45, 2.75) is 57.9 Å². The number of piperazine rings is 1. The molecular formula is C26H29F3N6O. The number of pyridine rings is 1. The molecule has 1 fully saturated rings. The molecule has 0 spiro atoms. The summed E-state index contributed by atoms with van der Waals surface area (Å²) in [5, 5.41) is 9.36. The number of hydrogen-bond acceptors (Lipinski definition) is 6. The number of rotatable bonds is 5. The van der Waals surface area contributed by atoms with Gasteiger partial charge in [0.2, 0.25) is 0 Å². The Kier molecular flexibility index (Phi) is 7.05. The van der Waals surface area contributed by atoms with Crippen LogP contribution >= 0.6 is 0 Å². The van der Waals surface area contributed by atoms with Crippen molar-refractivity contribution in [3.8, 4) is 6.07 Å². The third kappa shape index (κ3) is 4.67. The van der Waals surface area contributed by atoms with Crippen molar-refractivity contribution in [3.05, 3.63) is 63.7 Å². The van der Waals surface area contributed by atoms with Crippen LogP contribution in [0.15, 0.2) is 41.2 Å². The largest absolute Gasteiger partial charge is 0.416 e. The first-order valence-corrected chi connectivity index (χ1v) is 12.1. The summed E-state index contributed by atoms with van der Waals surface area (Å²) in [5.74, 6) is 0.457. The highest BCUT2D eigenvalue weighted by atomic mass is 19.4. The van der Waals surface area contributed by atoms with Crippen LogP contribution in [0.3, 0.4) is 0 Å². The second-order valence-electron chi connectivity index (χ2n) is 9.26. The Balaban J connectivity index is 1.69. The van der Waals surface area contributed by atoms with Gasteiger partial charge < -0.3 is 4.90 Å². The lowest BCUT2D eigenvalue weighted by atomic mass is 9.95. The Bertz CT molecular complexity index is 1350. The number of fused-ring (bicyclic) bond motifs is 1. The summed E-state index contributed by atoms with van der Waals surface area (Å²) in [6.45, 7) is 7.36. The molecule has 36 heavy (non-hydrogen) atoms. The highest BCUT2D eigenvalue weighted by Gasteiger charge is 2.37. The molecule has 1 aromatic carbocycles. The first-order chi connectivity index (χ1) is 17.1. The minimum atomic E-state index is -4.37. The lowest BCUT2D eigenvalue weighted by Gasteiger charge is -2.49. The molecule has 3 aromatic rings. The van der Waals surface area contributed by atoms with Gasteiger partial charge in [0.25, 0.3) is 0 Å². The van der Waals surface area contributed by atoms with Gasteiger partial charge in [-0.15, -0.1) is 0 Å². The maximum Gasteiger partial charge on any atom is 0.416 e. The van der Waals surface area contributed by atoms with Crippen molar-refractivity contribution in [1.29, 1.82) is 5.26 Å². The van der Waals surface area contributed by atoms with E-state index in [1.54, 1.807) is 31.3 Å². The van der Waals surface area contributed by atoms with Crippen molar-refractivity contribution in [3.63, 3.8) is 0 Å². The van der Waals surface area contributed by atoms with Gasteiger partial charge >= 0.3 is 11.9 Å². The molecule has 1 aliphatic rings. The summed E-state index contributed by atoms with van der Waals surface area (Å²) in [5.41, 5.74) is 1.14. The van der Waals surface area contributed by atoms with Crippen LogP contribution in [0, 0.1) is 11.3 Å². The average Bonchev–Trinajstić information content (AvgIpc) is 2.86.